The quantitative estimate of drug-likeness (QED) is 0.472. The van der Waals surface area contributed by atoms with Gasteiger partial charge in [0, 0.05) is 0 Å². The summed E-state index contributed by atoms with van der Waals surface area (Å²) in [6.07, 6.45) is 3.46. The summed E-state index contributed by atoms with van der Waals surface area (Å²) in [6.45, 7) is -0.375. The van der Waals surface area contributed by atoms with E-state index in [1.165, 1.54) is 8.92 Å². The molecule has 0 bridgehead atoms. The number of aliphatic imine (C=N–C) groups is 2. The molecule has 0 fully saturated rings. The summed E-state index contributed by atoms with van der Waals surface area (Å²) in [5, 5.41) is 17.6. The fourth-order valence-corrected chi connectivity index (χ4v) is 8.81. The number of rotatable bonds is 7. The van der Waals surface area contributed by atoms with Gasteiger partial charge in [-0.25, -0.2) is 0 Å². The minimum atomic E-state index is -0.188. The van der Waals surface area contributed by atoms with E-state index in [1.807, 2.05) is 36.4 Å². The Bertz CT molecular complexity index is 603. The van der Waals surface area contributed by atoms with Gasteiger partial charge in [-0.15, -0.1) is 0 Å². The van der Waals surface area contributed by atoms with E-state index in [-0.39, 0.29) is 13.5 Å². The number of aliphatic hydroxyl groups excluding tert-OH is 2. The summed E-state index contributed by atoms with van der Waals surface area (Å²) < 4.78 is 2.56. The van der Waals surface area contributed by atoms with Gasteiger partial charge in [0.25, 0.3) is 0 Å². The van der Waals surface area contributed by atoms with Crippen molar-refractivity contribution < 1.29 is 10.2 Å². The SMILES string of the molecule is OC/N=C/c1ccccc1[Se][Se]c1ccccc1/C=N/CO. The Balaban J connectivity index is 2.14. The fraction of sp³-hybridized carbons (Fsp3) is 0.125. The van der Waals surface area contributed by atoms with Gasteiger partial charge in [-0.2, -0.15) is 0 Å². The zero-order valence-corrected chi connectivity index (χ0v) is 15.2. The zero-order valence-electron chi connectivity index (χ0n) is 11.8. The van der Waals surface area contributed by atoms with Crippen LogP contribution >= 0.6 is 0 Å². The molecule has 114 valence electrons. The molecule has 0 aliphatic rings. The topological polar surface area (TPSA) is 65.2 Å². The number of hydrogen-bond acceptors (Lipinski definition) is 4. The molecule has 0 aliphatic heterocycles. The molecule has 2 N–H and O–H groups in total. The van der Waals surface area contributed by atoms with Crippen molar-refractivity contribution in [3.63, 3.8) is 0 Å². The third-order valence-electron chi connectivity index (χ3n) is 2.68. The van der Waals surface area contributed by atoms with Gasteiger partial charge in [-0.3, -0.25) is 0 Å². The van der Waals surface area contributed by atoms with Crippen LogP contribution in [0, 0.1) is 0 Å². The van der Waals surface area contributed by atoms with Crippen LogP contribution in [-0.2, 0) is 0 Å². The Hall–Kier alpha value is -1.26. The number of aliphatic hydroxyl groups is 2. The molecule has 0 saturated carbocycles. The van der Waals surface area contributed by atoms with E-state index in [4.69, 9.17) is 10.2 Å². The maximum atomic E-state index is 8.82. The van der Waals surface area contributed by atoms with Gasteiger partial charge in [0.2, 0.25) is 0 Å². The second-order valence-electron chi connectivity index (χ2n) is 4.15. The van der Waals surface area contributed by atoms with Crippen molar-refractivity contribution in [1.82, 2.24) is 0 Å². The molecule has 0 aliphatic carbocycles. The van der Waals surface area contributed by atoms with Gasteiger partial charge in [0.1, 0.15) is 0 Å². The average Bonchev–Trinajstić information content (AvgIpc) is 2.57. The van der Waals surface area contributed by atoms with Gasteiger partial charge < -0.3 is 0 Å². The standard InChI is InChI=1S/C16H16N2O2Se2/c19-11-17-9-13-5-1-3-7-15(13)21-22-16-8-4-2-6-14(16)10-18-12-20/h1-10,19-20H,11-12H2/b17-9+,18-10+. The number of benzene rings is 2. The predicted octanol–water partition coefficient (Wildman–Crippen LogP) is -0.302. The van der Waals surface area contributed by atoms with Crippen LogP contribution in [0.25, 0.3) is 0 Å². The summed E-state index contributed by atoms with van der Waals surface area (Å²) in [6, 6.07) is 16.3. The molecule has 0 saturated heterocycles. The fourth-order valence-electron chi connectivity index (χ4n) is 1.69. The first-order valence-electron chi connectivity index (χ1n) is 6.59. The van der Waals surface area contributed by atoms with Crippen LogP contribution in [-0.4, -0.2) is 62.4 Å². The molecule has 2 aromatic rings. The first-order valence-corrected chi connectivity index (χ1v) is 12.6. The van der Waals surface area contributed by atoms with Crippen molar-refractivity contribution >= 4 is 47.6 Å². The first-order chi connectivity index (χ1) is 10.8. The van der Waals surface area contributed by atoms with E-state index in [2.05, 4.69) is 22.1 Å². The van der Waals surface area contributed by atoms with Crippen molar-refractivity contribution in [2.75, 3.05) is 13.5 Å². The van der Waals surface area contributed by atoms with Crippen LogP contribution in [0.3, 0.4) is 0 Å². The molecule has 0 unspecified atom stereocenters. The van der Waals surface area contributed by atoms with Crippen molar-refractivity contribution in [1.29, 1.82) is 0 Å². The molecule has 0 aromatic heterocycles. The van der Waals surface area contributed by atoms with Crippen LogP contribution in [0.5, 0.6) is 0 Å². The molecule has 0 atom stereocenters. The van der Waals surface area contributed by atoms with Gasteiger partial charge in [-0.05, 0) is 0 Å². The maximum absolute atomic E-state index is 8.82. The Kier molecular flexibility index (Phi) is 7.53. The van der Waals surface area contributed by atoms with E-state index in [0.717, 1.165) is 11.1 Å². The molecule has 22 heavy (non-hydrogen) atoms. The first kappa shape index (κ1) is 17.1. The van der Waals surface area contributed by atoms with E-state index in [9.17, 15) is 0 Å². The summed E-state index contributed by atoms with van der Waals surface area (Å²) in [4.78, 5) is 7.83. The molecule has 0 amide bonds. The molecule has 6 heteroatoms. The number of hydrogen-bond donors (Lipinski definition) is 2. The predicted molar refractivity (Wildman–Crippen MR) is 93.0 cm³/mol. The van der Waals surface area contributed by atoms with Crippen LogP contribution < -0.4 is 8.92 Å². The summed E-state index contributed by atoms with van der Waals surface area (Å²) >= 11 is 0.627. The Morgan fingerprint density at radius 2 is 1.14 bits per heavy atom. The molecule has 2 aromatic carbocycles. The summed E-state index contributed by atoms with van der Waals surface area (Å²) in [5.74, 6) is 0. The monoisotopic (exact) mass is 428 g/mol. The summed E-state index contributed by atoms with van der Waals surface area (Å²) in [7, 11) is 0. The van der Waals surface area contributed by atoms with Gasteiger partial charge in [-0.1, -0.05) is 0 Å². The third kappa shape index (κ3) is 5.18. The van der Waals surface area contributed by atoms with Crippen molar-refractivity contribution in [2.24, 2.45) is 9.98 Å². The van der Waals surface area contributed by atoms with Crippen molar-refractivity contribution in [3.8, 4) is 0 Å². The Morgan fingerprint density at radius 1 is 0.727 bits per heavy atom. The van der Waals surface area contributed by atoms with Crippen LogP contribution in [0.1, 0.15) is 11.1 Å². The second kappa shape index (κ2) is 9.69. The second-order valence-corrected chi connectivity index (χ2v) is 10.3. The summed E-state index contributed by atoms with van der Waals surface area (Å²) in [5.41, 5.74) is 2.14. The minimum absolute atomic E-state index is 0.188. The van der Waals surface area contributed by atoms with Crippen molar-refractivity contribution in [3.05, 3.63) is 59.7 Å². The molecule has 0 radical (unpaired) electrons. The average molecular weight is 426 g/mol. The van der Waals surface area contributed by atoms with Gasteiger partial charge in [0.15, 0.2) is 0 Å². The Morgan fingerprint density at radius 3 is 1.55 bits per heavy atom. The van der Waals surface area contributed by atoms with E-state index >= 15 is 0 Å². The van der Waals surface area contributed by atoms with Crippen molar-refractivity contribution in [2.45, 2.75) is 0 Å². The van der Waals surface area contributed by atoms with Crippen LogP contribution in [0.4, 0.5) is 0 Å². The Labute approximate surface area is 140 Å². The molecular weight excluding hydrogens is 410 g/mol. The molecule has 4 nitrogen and oxygen atoms in total. The van der Waals surface area contributed by atoms with E-state index in [1.54, 1.807) is 12.4 Å². The molecular formula is C16H16N2O2Se2. The van der Waals surface area contributed by atoms with Gasteiger partial charge >= 0.3 is 141 Å². The number of nitrogens with zero attached hydrogens (tertiary/aromatic N) is 2. The van der Waals surface area contributed by atoms with E-state index < -0.39 is 0 Å². The van der Waals surface area contributed by atoms with Gasteiger partial charge in [0.05, 0.1) is 0 Å². The van der Waals surface area contributed by atoms with Crippen LogP contribution in [0.2, 0.25) is 0 Å². The molecule has 0 spiro atoms. The third-order valence-corrected chi connectivity index (χ3v) is 10.00. The normalized spacial score (nSPS) is 11.5. The van der Waals surface area contributed by atoms with Crippen LogP contribution in [0.15, 0.2) is 58.5 Å². The molecule has 2 rings (SSSR count). The van der Waals surface area contributed by atoms with E-state index in [0.29, 0.717) is 26.3 Å². The zero-order chi connectivity index (χ0) is 15.6. The molecule has 0 heterocycles.